The molecule has 0 heterocycles. The Hall–Kier alpha value is -3.33. The van der Waals surface area contributed by atoms with E-state index in [4.69, 9.17) is 9.47 Å². The van der Waals surface area contributed by atoms with Crippen LogP contribution in [0.3, 0.4) is 0 Å². The molecule has 3 heteroatoms. The zero-order chi connectivity index (χ0) is 20.8. The predicted octanol–water partition coefficient (Wildman–Crippen LogP) is 5.86. The molecule has 0 unspecified atom stereocenters. The molecule has 0 spiro atoms. The maximum absolute atomic E-state index is 11.9. The summed E-state index contributed by atoms with van der Waals surface area (Å²) in [6.07, 6.45) is 6.44. The minimum Gasteiger partial charge on any atom is -0.496 e. The summed E-state index contributed by atoms with van der Waals surface area (Å²) in [5.74, 6) is 2.11. The largest absolute Gasteiger partial charge is 0.496 e. The molecule has 1 aliphatic carbocycles. The molecule has 0 aliphatic heterocycles. The summed E-state index contributed by atoms with van der Waals surface area (Å²) in [6, 6.07) is 24.4. The first-order valence-electron chi connectivity index (χ1n) is 10.4. The van der Waals surface area contributed by atoms with Crippen LogP contribution in [0.1, 0.15) is 35.1 Å². The molecule has 0 N–H and O–H groups in total. The van der Waals surface area contributed by atoms with Gasteiger partial charge >= 0.3 is 0 Å². The number of ketones is 1. The number of allylic oxidation sites excluding steroid dienone is 1. The lowest BCUT2D eigenvalue weighted by atomic mass is 10.0. The van der Waals surface area contributed by atoms with Crippen LogP contribution in [0.15, 0.2) is 78.9 Å². The van der Waals surface area contributed by atoms with Crippen LogP contribution in [0.4, 0.5) is 0 Å². The van der Waals surface area contributed by atoms with E-state index in [-0.39, 0.29) is 11.7 Å². The summed E-state index contributed by atoms with van der Waals surface area (Å²) in [7, 11) is 1.66. The van der Waals surface area contributed by atoms with Crippen LogP contribution in [0.25, 0.3) is 6.08 Å². The zero-order valence-electron chi connectivity index (χ0n) is 17.2. The average Bonchev–Trinajstić information content (AvgIpc) is 3.63. The molecule has 0 radical (unpaired) electrons. The molecule has 4 rings (SSSR count). The summed E-state index contributed by atoms with van der Waals surface area (Å²) in [6.45, 7) is 0.396. The van der Waals surface area contributed by atoms with Gasteiger partial charge in [-0.05, 0) is 53.8 Å². The van der Waals surface area contributed by atoms with Crippen LogP contribution in [0, 0.1) is 5.92 Å². The van der Waals surface area contributed by atoms with Gasteiger partial charge in [-0.25, -0.2) is 0 Å². The summed E-state index contributed by atoms with van der Waals surface area (Å²) < 4.78 is 11.7. The molecule has 1 fully saturated rings. The lowest BCUT2D eigenvalue weighted by Gasteiger charge is -2.14. The second kappa shape index (κ2) is 9.45. The van der Waals surface area contributed by atoms with Gasteiger partial charge in [-0.2, -0.15) is 0 Å². The van der Waals surface area contributed by atoms with Gasteiger partial charge in [0.05, 0.1) is 7.11 Å². The molecule has 3 aromatic carbocycles. The highest BCUT2D eigenvalue weighted by molar-refractivity contribution is 5.96. The van der Waals surface area contributed by atoms with E-state index in [9.17, 15) is 4.79 Å². The van der Waals surface area contributed by atoms with E-state index >= 15 is 0 Å². The third-order valence-corrected chi connectivity index (χ3v) is 5.32. The van der Waals surface area contributed by atoms with Gasteiger partial charge in [-0.15, -0.1) is 0 Å². The molecule has 3 nitrogen and oxygen atoms in total. The first-order chi connectivity index (χ1) is 14.7. The number of ether oxygens (including phenoxy) is 2. The van der Waals surface area contributed by atoms with Crippen molar-refractivity contribution in [2.75, 3.05) is 7.11 Å². The SMILES string of the molecule is COc1ccc(/C=C/C(=O)C2CC2)cc1COc1ccccc1Cc1ccccc1. The number of hydrogen-bond acceptors (Lipinski definition) is 3. The summed E-state index contributed by atoms with van der Waals surface area (Å²) in [4.78, 5) is 11.9. The van der Waals surface area contributed by atoms with Crippen molar-refractivity contribution < 1.29 is 14.3 Å². The molecular weight excluding hydrogens is 372 g/mol. The lowest BCUT2D eigenvalue weighted by Crippen LogP contribution is -2.02. The molecule has 0 atom stereocenters. The number of para-hydroxylation sites is 1. The number of methoxy groups -OCH3 is 1. The molecule has 0 saturated heterocycles. The summed E-state index contributed by atoms with van der Waals surface area (Å²) in [5, 5.41) is 0. The molecule has 0 bridgehead atoms. The Morgan fingerprint density at radius 2 is 1.70 bits per heavy atom. The van der Waals surface area contributed by atoms with Crippen molar-refractivity contribution in [3.8, 4) is 11.5 Å². The molecule has 0 amide bonds. The first kappa shape index (κ1) is 20.0. The van der Waals surface area contributed by atoms with E-state index in [1.165, 1.54) is 5.56 Å². The summed E-state index contributed by atoms with van der Waals surface area (Å²) in [5.41, 5.74) is 4.32. The highest BCUT2D eigenvalue weighted by Gasteiger charge is 2.27. The van der Waals surface area contributed by atoms with Crippen LogP contribution >= 0.6 is 0 Å². The molecule has 30 heavy (non-hydrogen) atoms. The Labute approximate surface area is 178 Å². The monoisotopic (exact) mass is 398 g/mol. The number of carbonyl (C=O) groups excluding carboxylic acids is 1. The van der Waals surface area contributed by atoms with Gasteiger partial charge in [0.1, 0.15) is 18.1 Å². The van der Waals surface area contributed by atoms with Crippen LogP contribution in [-0.4, -0.2) is 12.9 Å². The Morgan fingerprint density at radius 3 is 2.47 bits per heavy atom. The van der Waals surface area contributed by atoms with E-state index in [0.717, 1.165) is 47.5 Å². The van der Waals surface area contributed by atoms with Gasteiger partial charge in [0.2, 0.25) is 0 Å². The third-order valence-electron chi connectivity index (χ3n) is 5.32. The highest BCUT2D eigenvalue weighted by Crippen LogP contribution is 2.31. The summed E-state index contributed by atoms with van der Waals surface area (Å²) >= 11 is 0. The van der Waals surface area contributed by atoms with Crippen LogP contribution in [0.5, 0.6) is 11.5 Å². The van der Waals surface area contributed by atoms with Gasteiger partial charge in [-0.3, -0.25) is 4.79 Å². The number of hydrogen-bond donors (Lipinski definition) is 0. The number of benzene rings is 3. The highest BCUT2D eigenvalue weighted by atomic mass is 16.5. The maximum atomic E-state index is 11.9. The molecule has 3 aromatic rings. The van der Waals surface area contributed by atoms with Gasteiger partial charge < -0.3 is 9.47 Å². The molecule has 152 valence electrons. The average molecular weight is 399 g/mol. The molecule has 0 aromatic heterocycles. The Kier molecular flexibility index (Phi) is 6.29. The zero-order valence-corrected chi connectivity index (χ0v) is 17.2. The Balaban J connectivity index is 1.49. The van der Waals surface area contributed by atoms with Crippen LogP contribution < -0.4 is 9.47 Å². The fourth-order valence-electron chi connectivity index (χ4n) is 3.46. The molecule has 1 saturated carbocycles. The third kappa shape index (κ3) is 5.18. The van der Waals surface area contributed by atoms with Crippen molar-refractivity contribution in [3.05, 3.63) is 101 Å². The predicted molar refractivity (Wildman–Crippen MR) is 120 cm³/mol. The van der Waals surface area contributed by atoms with Gasteiger partial charge in [-0.1, -0.05) is 60.7 Å². The Bertz CT molecular complexity index is 1030. The van der Waals surface area contributed by atoms with Crippen molar-refractivity contribution >= 4 is 11.9 Å². The van der Waals surface area contributed by atoms with Crippen molar-refractivity contribution in [1.82, 2.24) is 0 Å². The van der Waals surface area contributed by atoms with Crippen molar-refractivity contribution in [1.29, 1.82) is 0 Å². The second-order valence-corrected chi connectivity index (χ2v) is 7.64. The van der Waals surface area contributed by atoms with E-state index in [1.807, 2.05) is 48.5 Å². The Morgan fingerprint density at radius 1 is 0.933 bits per heavy atom. The van der Waals surface area contributed by atoms with Crippen molar-refractivity contribution in [2.24, 2.45) is 5.92 Å². The van der Waals surface area contributed by atoms with E-state index in [1.54, 1.807) is 13.2 Å². The lowest BCUT2D eigenvalue weighted by molar-refractivity contribution is -0.115. The minimum atomic E-state index is 0.221. The van der Waals surface area contributed by atoms with E-state index in [0.29, 0.717) is 6.61 Å². The smallest absolute Gasteiger partial charge is 0.158 e. The van der Waals surface area contributed by atoms with Crippen molar-refractivity contribution in [2.45, 2.75) is 25.9 Å². The van der Waals surface area contributed by atoms with Crippen LogP contribution in [0.2, 0.25) is 0 Å². The molecule has 1 aliphatic rings. The fourth-order valence-corrected chi connectivity index (χ4v) is 3.46. The fraction of sp³-hybridized carbons (Fsp3) is 0.222. The quantitative estimate of drug-likeness (QED) is 0.424. The normalized spacial score (nSPS) is 13.4. The number of carbonyl (C=O) groups is 1. The van der Waals surface area contributed by atoms with Gasteiger partial charge in [0, 0.05) is 17.9 Å². The van der Waals surface area contributed by atoms with E-state index < -0.39 is 0 Å². The van der Waals surface area contributed by atoms with E-state index in [2.05, 4.69) is 30.3 Å². The van der Waals surface area contributed by atoms with Gasteiger partial charge in [0.15, 0.2) is 5.78 Å². The number of rotatable bonds is 9. The second-order valence-electron chi connectivity index (χ2n) is 7.64. The van der Waals surface area contributed by atoms with Crippen molar-refractivity contribution in [3.63, 3.8) is 0 Å². The maximum Gasteiger partial charge on any atom is 0.158 e. The van der Waals surface area contributed by atoms with Gasteiger partial charge in [0.25, 0.3) is 0 Å². The first-order valence-corrected chi connectivity index (χ1v) is 10.4. The standard InChI is InChI=1S/C27H26O3/c1-29-26-16-12-21(11-15-25(28)22-13-14-22)18-24(26)19-30-27-10-6-5-9-23(27)17-20-7-3-2-4-8-20/h2-12,15-16,18,22H,13-14,17,19H2,1H3/b15-11+. The minimum absolute atomic E-state index is 0.221. The topological polar surface area (TPSA) is 35.5 Å². The van der Waals surface area contributed by atoms with Crippen LogP contribution in [-0.2, 0) is 17.8 Å². The molecular formula is C27H26O3.